The van der Waals surface area contributed by atoms with Gasteiger partial charge in [0.25, 0.3) is 0 Å². The summed E-state index contributed by atoms with van der Waals surface area (Å²) in [4.78, 5) is 11.7. The fourth-order valence-corrected chi connectivity index (χ4v) is 2.17. The van der Waals surface area contributed by atoms with Crippen molar-refractivity contribution in [2.24, 2.45) is 0 Å². The highest BCUT2D eigenvalue weighted by Gasteiger charge is 2.08. The van der Waals surface area contributed by atoms with E-state index in [0.29, 0.717) is 16.7 Å². The molecule has 0 atom stereocenters. The van der Waals surface area contributed by atoms with E-state index in [4.69, 9.17) is 4.74 Å². The fraction of sp³-hybridized carbons (Fsp3) is 0.250. The Balaban J connectivity index is 1.91. The molecule has 0 aliphatic heterocycles. The summed E-state index contributed by atoms with van der Waals surface area (Å²) in [5.41, 5.74) is 0.737. The molecule has 1 aromatic carbocycles. The Morgan fingerprint density at radius 3 is 2.79 bits per heavy atom. The van der Waals surface area contributed by atoms with Gasteiger partial charge < -0.3 is 10.1 Å². The number of nitrogens with one attached hydrogen (secondary N) is 1. The summed E-state index contributed by atoms with van der Waals surface area (Å²) in [6.07, 6.45) is 0.166. The molecule has 0 unspecified atom stereocenters. The average molecular weight is 281 g/mol. The lowest BCUT2D eigenvalue weighted by Crippen LogP contribution is -2.14. The average Bonchev–Trinajstić information content (AvgIpc) is 2.80. The lowest BCUT2D eigenvalue weighted by Gasteiger charge is -2.01. The van der Waals surface area contributed by atoms with Crippen LogP contribution in [-0.2, 0) is 22.6 Å². The quantitative estimate of drug-likeness (QED) is 0.910. The number of hydrogen-bond donors (Lipinski definition) is 1. The number of carbonyl (C=O) groups excluding carboxylic acids is 1. The molecule has 100 valence electrons. The van der Waals surface area contributed by atoms with Gasteiger partial charge in [-0.3, -0.25) is 4.79 Å². The second kappa shape index (κ2) is 6.35. The van der Waals surface area contributed by atoms with Gasteiger partial charge in [0, 0.05) is 7.11 Å². The SMILES string of the molecule is COCc1nnc(NC(=O)Cc2ccc(F)cc2)s1. The molecule has 0 spiro atoms. The minimum absolute atomic E-state index is 0.166. The predicted octanol–water partition coefficient (Wildman–Crippen LogP) is 2.00. The maximum absolute atomic E-state index is 12.7. The summed E-state index contributed by atoms with van der Waals surface area (Å²) in [5.74, 6) is -0.538. The van der Waals surface area contributed by atoms with Crippen molar-refractivity contribution in [3.8, 4) is 0 Å². The largest absolute Gasteiger partial charge is 0.377 e. The number of methoxy groups -OCH3 is 1. The van der Waals surface area contributed by atoms with Crippen molar-refractivity contribution in [3.63, 3.8) is 0 Å². The number of hydrogen-bond acceptors (Lipinski definition) is 5. The standard InChI is InChI=1S/C12H12FN3O2S/c1-18-7-11-15-16-12(19-11)14-10(17)6-8-2-4-9(13)5-3-8/h2-5H,6-7H2,1H3,(H,14,16,17). The molecule has 0 aliphatic rings. The van der Waals surface area contributed by atoms with Crippen LogP contribution in [0.3, 0.4) is 0 Å². The minimum atomic E-state index is -0.322. The van der Waals surface area contributed by atoms with Gasteiger partial charge in [0.05, 0.1) is 6.42 Å². The first-order valence-electron chi connectivity index (χ1n) is 5.53. The zero-order valence-electron chi connectivity index (χ0n) is 10.2. The van der Waals surface area contributed by atoms with Gasteiger partial charge in [0.15, 0.2) is 0 Å². The molecule has 0 saturated carbocycles. The van der Waals surface area contributed by atoms with Gasteiger partial charge in [-0.15, -0.1) is 10.2 Å². The smallest absolute Gasteiger partial charge is 0.230 e. The summed E-state index contributed by atoms with van der Waals surface area (Å²) in [5, 5.41) is 11.4. The summed E-state index contributed by atoms with van der Waals surface area (Å²) in [6.45, 7) is 0.367. The molecule has 1 heterocycles. The minimum Gasteiger partial charge on any atom is -0.377 e. The Hall–Kier alpha value is -1.86. The first-order chi connectivity index (χ1) is 9.17. The highest BCUT2D eigenvalue weighted by atomic mass is 32.1. The summed E-state index contributed by atoms with van der Waals surface area (Å²) in [7, 11) is 1.56. The Bertz CT molecular complexity index is 556. The molecule has 0 bridgehead atoms. The second-order valence-electron chi connectivity index (χ2n) is 3.79. The van der Waals surface area contributed by atoms with Crippen molar-refractivity contribution in [3.05, 3.63) is 40.7 Å². The van der Waals surface area contributed by atoms with Crippen LogP contribution >= 0.6 is 11.3 Å². The highest BCUT2D eigenvalue weighted by Crippen LogP contribution is 2.16. The first kappa shape index (κ1) is 13.6. The molecule has 7 heteroatoms. The Labute approximate surface area is 113 Å². The van der Waals surface area contributed by atoms with Crippen molar-refractivity contribution < 1.29 is 13.9 Å². The zero-order valence-corrected chi connectivity index (χ0v) is 11.0. The van der Waals surface area contributed by atoms with Crippen LogP contribution in [0.1, 0.15) is 10.6 Å². The van der Waals surface area contributed by atoms with E-state index >= 15 is 0 Å². The lowest BCUT2D eigenvalue weighted by atomic mass is 10.1. The molecule has 1 amide bonds. The maximum atomic E-state index is 12.7. The fourth-order valence-electron chi connectivity index (χ4n) is 1.44. The van der Waals surface area contributed by atoms with Crippen molar-refractivity contribution in [1.82, 2.24) is 10.2 Å². The van der Waals surface area contributed by atoms with Crippen molar-refractivity contribution in [1.29, 1.82) is 0 Å². The third kappa shape index (κ3) is 4.08. The molecule has 1 N–H and O–H groups in total. The molecule has 0 fully saturated rings. The van der Waals surface area contributed by atoms with Crippen LogP contribution in [0, 0.1) is 5.82 Å². The number of amides is 1. The second-order valence-corrected chi connectivity index (χ2v) is 4.85. The van der Waals surface area contributed by atoms with Crippen LogP contribution in [0.2, 0.25) is 0 Å². The van der Waals surface area contributed by atoms with Gasteiger partial charge in [-0.1, -0.05) is 23.5 Å². The third-order valence-electron chi connectivity index (χ3n) is 2.26. The zero-order chi connectivity index (χ0) is 13.7. The molecule has 2 rings (SSSR count). The Kier molecular flexibility index (Phi) is 4.53. The van der Waals surface area contributed by atoms with E-state index in [1.165, 1.54) is 23.5 Å². The predicted molar refractivity (Wildman–Crippen MR) is 69.4 cm³/mol. The highest BCUT2D eigenvalue weighted by molar-refractivity contribution is 7.15. The number of halogens is 1. The lowest BCUT2D eigenvalue weighted by molar-refractivity contribution is -0.115. The van der Waals surface area contributed by atoms with E-state index in [1.807, 2.05) is 0 Å². The number of anilines is 1. The van der Waals surface area contributed by atoms with Gasteiger partial charge in [0.2, 0.25) is 11.0 Å². The summed E-state index contributed by atoms with van der Waals surface area (Å²) in [6, 6.07) is 5.80. The number of nitrogens with zero attached hydrogens (tertiary/aromatic N) is 2. The van der Waals surface area contributed by atoms with Gasteiger partial charge >= 0.3 is 0 Å². The summed E-state index contributed by atoms with van der Waals surface area (Å²) < 4.78 is 17.6. The van der Waals surface area contributed by atoms with Gasteiger partial charge in [-0.05, 0) is 17.7 Å². The molecule has 19 heavy (non-hydrogen) atoms. The van der Waals surface area contributed by atoms with Crippen LogP contribution in [-0.4, -0.2) is 23.2 Å². The molecule has 1 aromatic heterocycles. The summed E-state index contributed by atoms with van der Waals surface area (Å²) >= 11 is 1.26. The van der Waals surface area contributed by atoms with Gasteiger partial charge in [-0.25, -0.2) is 4.39 Å². The number of ether oxygens (including phenoxy) is 1. The molecule has 2 aromatic rings. The van der Waals surface area contributed by atoms with Crippen LogP contribution in [0.15, 0.2) is 24.3 Å². The van der Waals surface area contributed by atoms with Crippen LogP contribution in [0.4, 0.5) is 9.52 Å². The van der Waals surface area contributed by atoms with Crippen LogP contribution in [0.25, 0.3) is 0 Å². The monoisotopic (exact) mass is 281 g/mol. The Morgan fingerprint density at radius 2 is 2.11 bits per heavy atom. The van der Waals surface area contributed by atoms with Crippen LogP contribution in [0.5, 0.6) is 0 Å². The normalized spacial score (nSPS) is 10.4. The van der Waals surface area contributed by atoms with Crippen molar-refractivity contribution >= 4 is 22.4 Å². The van der Waals surface area contributed by atoms with E-state index in [0.717, 1.165) is 5.56 Å². The van der Waals surface area contributed by atoms with E-state index in [1.54, 1.807) is 19.2 Å². The number of benzene rings is 1. The van der Waals surface area contributed by atoms with Gasteiger partial charge in [-0.2, -0.15) is 0 Å². The van der Waals surface area contributed by atoms with Crippen molar-refractivity contribution in [2.75, 3.05) is 12.4 Å². The molecule has 0 saturated heterocycles. The van der Waals surface area contributed by atoms with E-state index in [9.17, 15) is 9.18 Å². The van der Waals surface area contributed by atoms with Gasteiger partial charge in [0.1, 0.15) is 17.4 Å². The topological polar surface area (TPSA) is 64.1 Å². The molecule has 0 aliphatic carbocycles. The molecular formula is C12H12FN3O2S. The third-order valence-corrected chi connectivity index (χ3v) is 3.07. The molecule has 0 radical (unpaired) electrons. The number of rotatable bonds is 5. The Morgan fingerprint density at radius 1 is 1.37 bits per heavy atom. The number of carbonyl (C=O) groups is 1. The van der Waals surface area contributed by atoms with E-state index in [2.05, 4.69) is 15.5 Å². The van der Waals surface area contributed by atoms with E-state index in [-0.39, 0.29) is 18.1 Å². The van der Waals surface area contributed by atoms with Crippen molar-refractivity contribution in [2.45, 2.75) is 13.0 Å². The first-order valence-corrected chi connectivity index (χ1v) is 6.34. The maximum Gasteiger partial charge on any atom is 0.230 e. The molecular weight excluding hydrogens is 269 g/mol. The van der Waals surface area contributed by atoms with E-state index < -0.39 is 0 Å². The molecule has 5 nitrogen and oxygen atoms in total. The number of aromatic nitrogens is 2. The van der Waals surface area contributed by atoms with Crippen LogP contribution < -0.4 is 5.32 Å².